The zero-order valence-corrected chi connectivity index (χ0v) is 17.4. The molecule has 5 nitrogen and oxygen atoms in total. The largest absolute Gasteiger partial charge is 0.339 e. The fraction of sp³-hybridized carbons (Fsp3) is 0.350. The van der Waals surface area contributed by atoms with Crippen molar-refractivity contribution in [3.8, 4) is 0 Å². The number of benzene rings is 2. The summed E-state index contributed by atoms with van der Waals surface area (Å²) in [4.78, 5) is 15.7. The molecule has 8 heteroatoms. The van der Waals surface area contributed by atoms with Crippen molar-refractivity contribution in [2.24, 2.45) is 0 Å². The molecule has 0 spiro atoms. The third kappa shape index (κ3) is 4.74. The molecule has 1 heterocycles. The van der Waals surface area contributed by atoms with Crippen LogP contribution in [0, 0.1) is 12.7 Å². The lowest BCUT2D eigenvalue weighted by Crippen LogP contribution is -2.46. The predicted molar refractivity (Wildman–Crippen MR) is 109 cm³/mol. The van der Waals surface area contributed by atoms with E-state index in [4.69, 9.17) is 0 Å². The summed E-state index contributed by atoms with van der Waals surface area (Å²) < 4.78 is 40.6. The van der Waals surface area contributed by atoms with Crippen LogP contribution in [0.2, 0.25) is 0 Å². The number of carbonyl (C=O) groups is 1. The number of sulfonamides is 1. The van der Waals surface area contributed by atoms with Gasteiger partial charge in [0.2, 0.25) is 10.0 Å². The molecule has 2 aromatic rings. The second-order valence-corrected chi connectivity index (χ2v) is 9.42. The van der Waals surface area contributed by atoms with Crippen LogP contribution in [0.5, 0.6) is 0 Å². The van der Waals surface area contributed by atoms with Gasteiger partial charge in [-0.2, -0.15) is 0 Å². The van der Waals surface area contributed by atoms with Gasteiger partial charge in [0.1, 0.15) is 5.82 Å². The van der Waals surface area contributed by atoms with Gasteiger partial charge in [-0.1, -0.05) is 6.07 Å². The smallest absolute Gasteiger partial charge is 0.254 e. The van der Waals surface area contributed by atoms with Crippen LogP contribution >= 0.6 is 11.8 Å². The number of piperidine rings is 1. The van der Waals surface area contributed by atoms with Gasteiger partial charge in [0.05, 0.1) is 4.90 Å². The molecule has 0 unspecified atom stereocenters. The van der Waals surface area contributed by atoms with Gasteiger partial charge in [0.15, 0.2) is 0 Å². The molecule has 1 N–H and O–H groups in total. The lowest BCUT2D eigenvalue weighted by molar-refractivity contribution is 0.0710. The highest BCUT2D eigenvalue weighted by Crippen LogP contribution is 2.22. The molecular weight excluding hydrogens is 399 g/mol. The van der Waals surface area contributed by atoms with Crippen LogP contribution in [-0.2, 0) is 10.0 Å². The first-order valence-corrected chi connectivity index (χ1v) is 11.7. The van der Waals surface area contributed by atoms with Crippen molar-refractivity contribution >= 4 is 27.7 Å². The van der Waals surface area contributed by atoms with Crippen LogP contribution in [0.1, 0.15) is 28.8 Å². The second kappa shape index (κ2) is 8.63. The van der Waals surface area contributed by atoms with Crippen molar-refractivity contribution in [1.29, 1.82) is 0 Å². The van der Waals surface area contributed by atoms with Gasteiger partial charge in [-0.3, -0.25) is 4.79 Å². The molecule has 150 valence electrons. The molecule has 2 aromatic carbocycles. The Morgan fingerprint density at radius 2 is 1.79 bits per heavy atom. The van der Waals surface area contributed by atoms with Gasteiger partial charge >= 0.3 is 0 Å². The number of carbonyl (C=O) groups excluding carboxylic acids is 1. The summed E-state index contributed by atoms with van der Waals surface area (Å²) in [5.74, 6) is -0.500. The van der Waals surface area contributed by atoms with E-state index in [-0.39, 0.29) is 16.8 Å². The Morgan fingerprint density at radius 3 is 2.39 bits per heavy atom. The van der Waals surface area contributed by atoms with Gasteiger partial charge in [-0.15, -0.1) is 11.8 Å². The van der Waals surface area contributed by atoms with Crippen LogP contribution < -0.4 is 4.72 Å². The van der Waals surface area contributed by atoms with Crippen LogP contribution in [0.15, 0.2) is 52.3 Å². The first kappa shape index (κ1) is 20.8. The molecule has 1 aliphatic heterocycles. The fourth-order valence-corrected chi connectivity index (χ4v) is 4.98. The number of halogens is 1. The SMILES string of the molecule is CSc1ccc(C)c(C(=O)N2CCC(NS(=O)(=O)c3ccc(F)cc3)CC2)c1. The minimum atomic E-state index is -3.71. The summed E-state index contributed by atoms with van der Waals surface area (Å²) in [5.41, 5.74) is 1.62. The number of amides is 1. The second-order valence-electron chi connectivity index (χ2n) is 6.82. The molecule has 1 saturated heterocycles. The maximum absolute atomic E-state index is 13.0. The van der Waals surface area contributed by atoms with Crippen LogP contribution in [0.3, 0.4) is 0 Å². The van der Waals surface area contributed by atoms with Crippen molar-refractivity contribution < 1.29 is 17.6 Å². The number of nitrogens with one attached hydrogen (secondary N) is 1. The van der Waals surface area contributed by atoms with Crippen LogP contribution in [0.4, 0.5) is 4.39 Å². The van der Waals surface area contributed by atoms with Crippen molar-refractivity contribution in [2.75, 3.05) is 19.3 Å². The summed E-state index contributed by atoms with van der Waals surface area (Å²) >= 11 is 1.59. The standard InChI is InChI=1S/C20H23FN2O3S2/c1-14-3-6-17(27-2)13-19(14)20(24)23-11-9-16(10-12-23)22-28(25,26)18-7-4-15(21)5-8-18/h3-8,13,16,22H,9-12H2,1-2H3. The van der Waals surface area contributed by atoms with E-state index in [1.54, 1.807) is 16.7 Å². The number of likely N-dealkylation sites (tertiary alicyclic amines) is 1. The highest BCUT2D eigenvalue weighted by Gasteiger charge is 2.27. The molecule has 1 amide bonds. The summed E-state index contributed by atoms with van der Waals surface area (Å²) in [6, 6.07) is 10.3. The highest BCUT2D eigenvalue weighted by atomic mass is 32.2. The van der Waals surface area contributed by atoms with Gasteiger partial charge in [-0.25, -0.2) is 17.5 Å². The normalized spacial score (nSPS) is 15.6. The zero-order chi connectivity index (χ0) is 20.3. The molecule has 1 aliphatic rings. The molecule has 0 aliphatic carbocycles. The Balaban J connectivity index is 1.63. The molecule has 0 bridgehead atoms. The maximum Gasteiger partial charge on any atom is 0.254 e. The van der Waals surface area contributed by atoms with Gasteiger partial charge in [-0.05, 0) is 68.0 Å². The Bertz CT molecular complexity index is 954. The van der Waals surface area contributed by atoms with Crippen molar-refractivity contribution in [1.82, 2.24) is 9.62 Å². The minimum Gasteiger partial charge on any atom is -0.339 e. The van der Waals surface area contributed by atoms with E-state index in [1.807, 2.05) is 31.4 Å². The fourth-order valence-electron chi connectivity index (χ4n) is 3.23. The summed E-state index contributed by atoms with van der Waals surface area (Å²) in [5, 5.41) is 0. The third-order valence-corrected chi connectivity index (χ3v) is 7.16. The number of thioether (sulfide) groups is 1. The minimum absolute atomic E-state index is 0.0201. The molecule has 0 saturated carbocycles. The molecule has 1 fully saturated rings. The molecule has 28 heavy (non-hydrogen) atoms. The average molecular weight is 423 g/mol. The predicted octanol–water partition coefficient (Wildman–Crippen LogP) is 3.44. The van der Waals surface area contributed by atoms with Crippen LogP contribution in [0.25, 0.3) is 0 Å². The molecule has 3 rings (SSSR count). The number of hydrogen-bond donors (Lipinski definition) is 1. The average Bonchev–Trinajstić information content (AvgIpc) is 2.68. The summed E-state index contributed by atoms with van der Waals surface area (Å²) in [6.45, 7) is 2.89. The van der Waals surface area contributed by atoms with E-state index in [0.29, 0.717) is 31.5 Å². The molecule has 0 atom stereocenters. The van der Waals surface area contributed by atoms with E-state index in [9.17, 15) is 17.6 Å². The quantitative estimate of drug-likeness (QED) is 0.750. The summed E-state index contributed by atoms with van der Waals surface area (Å²) in [6.07, 6.45) is 3.04. The van der Waals surface area contributed by atoms with Crippen molar-refractivity contribution in [2.45, 2.75) is 35.6 Å². The maximum atomic E-state index is 13.0. The molecular formula is C20H23FN2O3S2. The van der Waals surface area contributed by atoms with E-state index in [2.05, 4.69) is 4.72 Å². The lowest BCUT2D eigenvalue weighted by Gasteiger charge is -2.32. The molecule has 0 radical (unpaired) electrons. The lowest BCUT2D eigenvalue weighted by atomic mass is 10.0. The number of aryl methyl sites for hydroxylation is 1. The summed E-state index contributed by atoms with van der Waals surface area (Å²) in [7, 11) is -3.71. The van der Waals surface area contributed by atoms with Gasteiger partial charge < -0.3 is 4.90 Å². The number of hydrogen-bond acceptors (Lipinski definition) is 4. The Labute approximate surface area is 169 Å². The van der Waals surface area contributed by atoms with Gasteiger partial charge in [0, 0.05) is 29.6 Å². The topological polar surface area (TPSA) is 66.5 Å². The zero-order valence-electron chi connectivity index (χ0n) is 15.8. The van der Waals surface area contributed by atoms with Crippen molar-refractivity contribution in [3.05, 3.63) is 59.4 Å². The first-order valence-electron chi connectivity index (χ1n) is 9.02. The molecule has 0 aromatic heterocycles. The number of nitrogens with zero attached hydrogens (tertiary/aromatic N) is 1. The van der Waals surface area contributed by atoms with E-state index in [1.165, 1.54) is 12.1 Å². The van der Waals surface area contributed by atoms with E-state index >= 15 is 0 Å². The Morgan fingerprint density at radius 1 is 1.14 bits per heavy atom. The number of rotatable bonds is 5. The van der Waals surface area contributed by atoms with E-state index < -0.39 is 15.8 Å². The van der Waals surface area contributed by atoms with E-state index in [0.717, 1.165) is 22.6 Å². The van der Waals surface area contributed by atoms with Crippen molar-refractivity contribution in [3.63, 3.8) is 0 Å². The Kier molecular flexibility index (Phi) is 6.42. The van der Waals surface area contributed by atoms with Gasteiger partial charge in [0.25, 0.3) is 5.91 Å². The first-order chi connectivity index (χ1) is 13.3. The third-order valence-electron chi connectivity index (χ3n) is 4.90. The Hall–Kier alpha value is -1.90. The van der Waals surface area contributed by atoms with Crippen LogP contribution in [-0.4, -0.2) is 44.6 Å². The monoisotopic (exact) mass is 422 g/mol. The highest BCUT2D eigenvalue weighted by molar-refractivity contribution is 7.98.